The molecule has 0 radical (unpaired) electrons. The molecule has 0 fully saturated rings. The Morgan fingerprint density at radius 3 is 2.91 bits per heavy atom. The molecule has 0 saturated carbocycles. The number of ether oxygens (including phenoxy) is 1. The average Bonchev–Trinajstić information content (AvgIpc) is 2.96. The molecule has 5 nitrogen and oxygen atoms in total. The maximum absolute atomic E-state index is 13.0. The summed E-state index contributed by atoms with van der Waals surface area (Å²) in [6, 6.07) is 13.1. The first-order valence-corrected chi connectivity index (χ1v) is 7.20. The molecule has 23 heavy (non-hydrogen) atoms. The Bertz CT molecular complexity index is 783. The van der Waals surface area contributed by atoms with Crippen LogP contribution in [0.2, 0.25) is 0 Å². The molecule has 1 N–H and O–H groups in total. The van der Waals surface area contributed by atoms with Gasteiger partial charge in [-0.05, 0) is 24.3 Å². The zero-order chi connectivity index (χ0) is 16.1. The van der Waals surface area contributed by atoms with Crippen LogP contribution in [0.3, 0.4) is 0 Å². The van der Waals surface area contributed by atoms with Crippen LogP contribution in [0.15, 0.2) is 52.9 Å². The molecule has 3 aromatic rings. The van der Waals surface area contributed by atoms with Gasteiger partial charge < -0.3 is 14.5 Å². The van der Waals surface area contributed by atoms with Crippen molar-refractivity contribution in [3.63, 3.8) is 0 Å². The number of aromatic nitrogens is 1. The van der Waals surface area contributed by atoms with Gasteiger partial charge in [0, 0.05) is 19.0 Å². The van der Waals surface area contributed by atoms with E-state index in [-0.39, 0.29) is 12.5 Å². The van der Waals surface area contributed by atoms with E-state index in [1.807, 2.05) is 24.3 Å². The number of nitrogens with zero attached hydrogens (tertiary/aromatic N) is 1. The van der Waals surface area contributed by atoms with E-state index in [4.69, 9.17) is 9.15 Å². The molecule has 3 rings (SSSR count). The van der Waals surface area contributed by atoms with Crippen LogP contribution in [-0.2, 0) is 11.2 Å². The van der Waals surface area contributed by atoms with Crippen molar-refractivity contribution in [2.24, 2.45) is 0 Å². The summed E-state index contributed by atoms with van der Waals surface area (Å²) >= 11 is 0. The monoisotopic (exact) mass is 314 g/mol. The van der Waals surface area contributed by atoms with E-state index in [9.17, 15) is 9.18 Å². The van der Waals surface area contributed by atoms with Gasteiger partial charge in [0.1, 0.15) is 17.1 Å². The van der Waals surface area contributed by atoms with E-state index >= 15 is 0 Å². The maximum Gasteiger partial charge on any atom is 0.257 e. The second kappa shape index (κ2) is 6.91. The fourth-order valence-electron chi connectivity index (χ4n) is 2.09. The number of benzene rings is 2. The Morgan fingerprint density at radius 2 is 2.09 bits per heavy atom. The van der Waals surface area contributed by atoms with Crippen LogP contribution in [0.4, 0.5) is 4.39 Å². The minimum Gasteiger partial charge on any atom is -0.484 e. The van der Waals surface area contributed by atoms with Crippen LogP contribution in [-0.4, -0.2) is 24.0 Å². The maximum atomic E-state index is 13.0. The molecule has 0 spiro atoms. The molecular weight excluding hydrogens is 299 g/mol. The van der Waals surface area contributed by atoms with Crippen molar-refractivity contribution >= 4 is 17.0 Å². The smallest absolute Gasteiger partial charge is 0.257 e. The fraction of sp³-hybridized carbons (Fsp3) is 0.176. The summed E-state index contributed by atoms with van der Waals surface area (Å²) in [7, 11) is 0. The quantitative estimate of drug-likeness (QED) is 0.760. The van der Waals surface area contributed by atoms with Crippen molar-refractivity contribution in [1.29, 1.82) is 0 Å². The average molecular weight is 314 g/mol. The number of nitrogens with one attached hydrogen (secondary N) is 1. The minimum atomic E-state index is -0.404. The number of oxazole rings is 1. The summed E-state index contributed by atoms with van der Waals surface area (Å²) in [5.41, 5.74) is 1.52. The molecule has 1 aromatic heterocycles. The van der Waals surface area contributed by atoms with Crippen molar-refractivity contribution < 1.29 is 18.3 Å². The molecule has 0 atom stereocenters. The third kappa shape index (κ3) is 4.06. The first-order chi connectivity index (χ1) is 11.2. The SMILES string of the molecule is O=C(COc1cccc(F)c1)NCCc1nc2ccccc2o1. The number of carbonyl (C=O) groups excluding carboxylic acids is 1. The van der Waals surface area contributed by atoms with E-state index in [0.29, 0.717) is 24.6 Å². The number of hydrogen-bond acceptors (Lipinski definition) is 4. The molecule has 0 bridgehead atoms. The molecule has 0 saturated heterocycles. The first-order valence-electron chi connectivity index (χ1n) is 7.20. The molecule has 0 aliphatic rings. The lowest BCUT2D eigenvalue weighted by Gasteiger charge is -2.06. The molecule has 1 heterocycles. The molecule has 0 aliphatic heterocycles. The molecule has 2 aromatic carbocycles. The van der Waals surface area contributed by atoms with Gasteiger partial charge in [0.2, 0.25) is 0 Å². The highest BCUT2D eigenvalue weighted by molar-refractivity contribution is 5.77. The van der Waals surface area contributed by atoms with E-state index in [1.165, 1.54) is 18.2 Å². The predicted molar refractivity (Wildman–Crippen MR) is 82.6 cm³/mol. The summed E-state index contributed by atoms with van der Waals surface area (Å²) in [5, 5.41) is 2.70. The largest absolute Gasteiger partial charge is 0.484 e. The van der Waals surface area contributed by atoms with Crippen LogP contribution >= 0.6 is 0 Å². The topological polar surface area (TPSA) is 64.4 Å². The van der Waals surface area contributed by atoms with Gasteiger partial charge in [-0.25, -0.2) is 9.37 Å². The Kier molecular flexibility index (Phi) is 4.52. The van der Waals surface area contributed by atoms with Crippen LogP contribution in [0.5, 0.6) is 5.75 Å². The zero-order valence-corrected chi connectivity index (χ0v) is 12.3. The lowest BCUT2D eigenvalue weighted by Crippen LogP contribution is -2.30. The van der Waals surface area contributed by atoms with Crippen molar-refractivity contribution in [3.8, 4) is 5.75 Å². The van der Waals surface area contributed by atoms with E-state index in [1.54, 1.807) is 6.07 Å². The van der Waals surface area contributed by atoms with Crippen molar-refractivity contribution in [2.45, 2.75) is 6.42 Å². The number of amides is 1. The minimum absolute atomic E-state index is 0.170. The highest BCUT2D eigenvalue weighted by atomic mass is 19.1. The van der Waals surface area contributed by atoms with Gasteiger partial charge in [-0.2, -0.15) is 0 Å². The van der Waals surface area contributed by atoms with Gasteiger partial charge in [0.15, 0.2) is 18.1 Å². The summed E-state index contributed by atoms with van der Waals surface area (Å²) in [6.45, 7) is 0.217. The van der Waals surface area contributed by atoms with E-state index in [2.05, 4.69) is 10.3 Å². The fourth-order valence-corrected chi connectivity index (χ4v) is 2.09. The van der Waals surface area contributed by atoms with Crippen molar-refractivity contribution in [3.05, 3.63) is 60.2 Å². The lowest BCUT2D eigenvalue weighted by atomic mass is 10.3. The van der Waals surface area contributed by atoms with Crippen LogP contribution < -0.4 is 10.1 Å². The number of para-hydroxylation sites is 2. The van der Waals surface area contributed by atoms with Crippen LogP contribution in [0.25, 0.3) is 11.1 Å². The highest BCUT2D eigenvalue weighted by Gasteiger charge is 2.07. The van der Waals surface area contributed by atoms with Gasteiger partial charge >= 0.3 is 0 Å². The first kappa shape index (κ1) is 15.0. The Labute approximate surface area is 132 Å². The molecule has 0 aliphatic carbocycles. The number of fused-ring (bicyclic) bond motifs is 1. The number of halogens is 1. The third-order valence-corrected chi connectivity index (χ3v) is 3.17. The molecular formula is C17H15FN2O3. The molecule has 118 valence electrons. The summed E-state index contributed by atoms with van der Waals surface area (Å²) in [4.78, 5) is 16.0. The highest BCUT2D eigenvalue weighted by Crippen LogP contribution is 2.14. The van der Waals surface area contributed by atoms with Gasteiger partial charge in [-0.3, -0.25) is 4.79 Å². The van der Waals surface area contributed by atoms with Gasteiger partial charge in [0.05, 0.1) is 0 Å². The Hall–Kier alpha value is -2.89. The zero-order valence-electron chi connectivity index (χ0n) is 12.3. The second-order valence-corrected chi connectivity index (χ2v) is 4.92. The summed E-state index contributed by atoms with van der Waals surface area (Å²) in [5.74, 6) is 0.195. The van der Waals surface area contributed by atoms with Crippen molar-refractivity contribution in [2.75, 3.05) is 13.2 Å². The number of carbonyl (C=O) groups is 1. The third-order valence-electron chi connectivity index (χ3n) is 3.17. The van der Waals surface area contributed by atoms with E-state index in [0.717, 1.165) is 11.1 Å². The molecule has 6 heteroatoms. The van der Waals surface area contributed by atoms with Crippen LogP contribution in [0, 0.1) is 5.82 Å². The Balaban J connectivity index is 1.44. The normalized spacial score (nSPS) is 10.7. The van der Waals surface area contributed by atoms with E-state index < -0.39 is 5.82 Å². The predicted octanol–water partition coefficient (Wildman–Crippen LogP) is 2.70. The molecule has 1 amide bonds. The number of rotatable bonds is 6. The summed E-state index contributed by atoms with van der Waals surface area (Å²) < 4.78 is 23.7. The van der Waals surface area contributed by atoms with Gasteiger partial charge in [-0.1, -0.05) is 18.2 Å². The van der Waals surface area contributed by atoms with Gasteiger partial charge in [-0.15, -0.1) is 0 Å². The lowest BCUT2D eigenvalue weighted by molar-refractivity contribution is -0.123. The van der Waals surface area contributed by atoms with Crippen molar-refractivity contribution in [1.82, 2.24) is 10.3 Å². The van der Waals surface area contributed by atoms with Gasteiger partial charge in [0.25, 0.3) is 5.91 Å². The second-order valence-electron chi connectivity index (χ2n) is 4.92. The Morgan fingerprint density at radius 1 is 1.22 bits per heavy atom. The number of hydrogen-bond donors (Lipinski definition) is 1. The van der Waals surface area contributed by atoms with Crippen LogP contribution in [0.1, 0.15) is 5.89 Å². The summed E-state index contributed by atoms with van der Waals surface area (Å²) in [6.07, 6.45) is 0.486. The molecule has 0 unspecified atom stereocenters. The standard InChI is InChI=1S/C17H15FN2O3/c18-12-4-3-5-13(10-12)22-11-16(21)19-9-8-17-20-14-6-1-2-7-15(14)23-17/h1-7,10H,8-9,11H2,(H,19,21).